The molecule has 1 amide bonds. The van der Waals surface area contributed by atoms with Crippen molar-refractivity contribution in [3.63, 3.8) is 0 Å². The molecular weight excluding hydrogens is 228 g/mol. The van der Waals surface area contributed by atoms with Crippen LogP contribution in [0.2, 0.25) is 0 Å². The number of hydrogen-bond acceptors (Lipinski definition) is 3. The van der Waals surface area contributed by atoms with E-state index in [1.54, 1.807) is 6.07 Å². The van der Waals surface area contributed by atoms with Crippen LogP contribution in [0.4, 0.5) is 0 Å². The quantitative estimate of drug-likeness (QED) is 0.718. The van der Waals surface area contributed by atoms with Gasteiger partial charge in [0.2, 0.25) is 0 Å². The summed E-state index contributed by atoms with van der Waals surface area (Å²) < 4.78 is 5.36. The van der Waals surface area contributed by atoms with Gasteiger partial charge < -0.3 is 15.8 Å². The molecule has 0 saturated heterocycles. The van der Waals surface area contributed by atoms with E-state index in [9.17, 15) is 4.79 Å². The Labute approximate surface area is 109 Å². The summed E-state index contributed by atoms with van der Waals surface area (Å²) in [6.45, 7) is 5.59. The van der Waals surface area contributed by atoms with E-state index in [1.807, 2.05) is 32.0 Å². The second kappa shape index (κ2) is 7.84. The van der Waals surface area contributed by atoms with Crippen molar-refractivity contribution in [3.8, 4) is 0 Å². The number of hydrogen-bond donors (Lipinski definition) is 2. The van der Waals surface area contributed by atoms with Gasteiger partial charge in [0.1, 0.15) is 0 Å². The number of carbonyl (C=O) groups is 1. The van der Waals surface area contributed by atoms with Gasteiger partial charge in [-0.15, -0.1) is 0 Å². The Morgan fingerprint density at radius 3 is 2.89 bits per heavy atom. The van der Waals surface area contributed by atoms with Gasteiger partial charge >= 0.3 is 0 Å². The van der Waals surface area contributed by atoms with E-state index in [0.29, 0.717) is 25.3 Å². The molecule has 0 radical (unpaired) electrons. The summed E-state index contributed by atoms with van der Waals surface area (Å²) in [5, 5.41) is 2.83. The van der Waals surface area contributed by atoms with E-state index in [1.165, 1.54) is 0 Å². The number of amides is 1. The lowest BCUT2D eigenvalue weighted by atomic mass is 10.1. The summed E-state index contributed by atoms with van der Waals surface area (Å²) in [5.41, 5.74) is 7.25. The molecule has 0 aliphatic rings. The van der Waals surface area contributed by atoms with Crippen LogP contribution in [0.15, 0.2) is 24.3 Å². The van der Waals surface area contributed by atoms with Crippen LogP contribution in [-0.4, -0.2) is 31.7 Å². The Hall–Kier alpha value is -1.39. The molecule has 4 nitrogen and oxygen atoms in total. The lowest BCUT2D eigenvalue weighted by Crippen LogP contribution is -2.28. The van der Waals surface area contributed by atoms with Crippen LogP contribution in [-0.2, 0) is 11.2 Å². The zero-order valence-electron chi connectivity index (χ0n) is 11.1. The van der Waals surface area contributed by atoms with E-state index >= 15 is 0 Å². The molecule has 0 atom stereocenters. The molecule has 0 aliphatic carbocycles. The predicted octanol–water partition coefficient (Wildman–Crippen LogP) is 1.34. The normalized spacial score (nSPS) is 10.7. The number of benzene rings is 1. The second-order valence-electron chi connectivity index (χ2n) is 4.41. The van der Waals surface area contributed by atoms with Crippen molar-refractivity contribution >= 4 is 5.91 Å². The molecule has 0 saturated carbocycles. The first-order valence-electron chi connectivity index (χ1n) is 6.32. The van der Waals surface area contributed by atoms with Gasteiger partial charge in [0.05, 0.1) is 12.7 Å². The highest BCUT2D eigenvalue weighted by atomic mass is 16.5. The highest BCUT2D eigenvalue weighted by Crippen LogP contribution is 2.05. The van der Waals surface area contributed by atoms with Crippen molar-refractivity contribution in [1.82, 2.24) is 5.32 Å². The minimum absolute atomic E-state index is 0.0683. The maximum absolute atomic E-state index is 11.8. The van der Waals surface area contributed by atoms with Gasteiger partial charge in [-0.1, -0.05) is 12.1 Å². The molecule has 1 aromatic rings. The SMILES string of the molecule is CC(C)OCCNC(=O)c1cccc(CCN)c1. The largest absolute Gasteiger partial charge is 0.377 e. The topological polar surface area (TPSA) is 64.3 Å². The van der Waals surface area contributed by atoms with E-state index in [0.717, 1.165) is 12.0 Å². The zero-order valence-corrected chi connectivity index (χ0v) is 11.1. The Morgan fingerprint density at radius 2 is 2.22 bits per heavy atom. The molecule has 0 spiro atoms. The van der Waals surface area contributed by atoms with Crippen molar-refractivity contribution in [1.29, 1.82) is 0 Å². The average molecular weight is 250 g/mol. The molecule has 3 N–H and O–H groups in total. The molecule has 100 valence electrons. The fourth-order valence-corrected chi connectivity index (χ4v) is 1.60. The van der Waals surface area contributed by atoms with Crippen molar-refractivity contribution in [3.05, 3.63) is 35.4 Å². The predicted molar refractivity (Wildman–Crippen MR) is 72.6 cm³/mol. The van der Waals surface area contributed by atoms with E-state index < -0.39 is 0 Å². The summed E-state index contributed by atoms with van der Waals surface area (Å²) >= 11 is 0. The van der Waals surface area contributed by atoms with Crippen molar-refractivity contribution in [2.24, 2.45) is 5.73 Å². The van der Waals surface area contributed by atoms with Crippen LogP contribution in [0.3, 0.4) is 0 Å². The number of ether oxygens (including phenoxy) is 1. The molecule has 0 unspecified atom stereocenters. The summed E-state index contributed by atoms with van der Waals surface area (Å²) in [4.78, 5) is 11.8. The molecule has 0 aliphatic heterocycles. The molecule has 4 heteroatoms. The summed E-state index contributed by atoms with van der Waals surface area (Å²) in [6.07, 6.45) is 0.979. The fraction of sp³-hybridized carbons (Fsp3) is 0.500. The Balaban J connectivity index is 2.43. The Morgan fingerprint density at radius 1 is 1.44 bits per heavy atom. The van der Waals surface area contributed by atoms with Crippen LogP contribution in [0.25, 0.3) is 0 Å². The maximum Gasteiger partial charge on any atom is 0.251 e. The lowest BCUT2D eigenvalue weighted by Gasteiger charge is -2.09. The van der Waals surface area contributed by atoms with E-state index in [2.05, 4.69) is 5.32 Å². The van der Waals surface area contributed by atoms with Gasteiger partial charge in [-0.05, 0) is 44.5 Å². The smallest absolute Gasteiger partial charge is 0.251 e. The highest BCUT2D eigenvalue weighted by molar-refractivity contribution is 5.94. The van der Waals surface area contributed by atoms with Gasteiger partial charge in [-0.2, -0.15) is 0 Å². The summed E-state index contributed by atoms with van der Waals surface area (Å²) in [7, 11) is 0. The molecule has 0 bridgehead atoms. The van der Waals surface area contributed by atoms with Gasteiger partial charge in [0.15, 0.2) is 0 Å². The monoisotopic (exact) mass is 250 g/mol. The first kappa shape index (κ1) is 14.7. The van der Waals surface area contributed by atoms with Crippen LogP contribution in [0.1, 0.15) is 29.8 Å². The molecule has 18 heavy (non-hydrogen) atoms. The summed E-state index contributed by atoms with van der Waals surface area (Å²) in [6, 6.07) is 7.54. The number of nitrogens with two attached hydrogens (primary N) is 1. The number of rotatable bonds is 7. The third-order valence-electron chi connectivity index (χ3n) is 2.46. The molecule has 0 heterocycles. The van der Waals surface area contributed by atoms with Gasteiger partial charge in [-0.3, -0.25) is 4.79 Å². The number of nitrogens with one attached hydrogen (secondary N) is 1. The Bertz CT molecular complexity index is 378. The minimum atomic E-state index is -0.0683. The van der Waals surface area contributed by atoms with Gasteiger partial charge in [0.25, 0.3) is 5.91 Å². The van der Waals surface area contributed by atoms with Gasteiger partial charge in [0, 0.05) is 12.1 Å². The molecule has 1 rings (SSSR count). The van der Waals surface area contributed by atoms with Crippen LogP contribution in [0, 0.1) is 0 Å². The van der Waals surface area contributed by atoms with Crippen LogP contribution >= 0.6 is 0 Å². The van der Waals surface area contributed by atoms with E-state index in [-0.39, 0.29) is 12.0 Å². The zero-order chi connectivity index (χ0) is 13.4. The molecule has 1 aromatic carbocycles. The van der Waals surface area contributed by atoms with E-state index in [4.69, 9.17) is 10.5 Å². The van der Waals surface area contributed by atoms with Crippen molar-refractivity contribution < 1.29 is 9.53 Å². The van der Waals surface area contributed by atoms with Crippen LogP contribution in [0.5, 0.6) is 0 Å². The summed E-state index contributed by atoms with van der Waals surface area (Å²) in [5.74, 6) is -0.0683. The third-order valence-corrected chi connectivity index (χ3v) is 2.46. The standard InChI is InChI=1S/C14H22N2O2/c1-11(2)18-9-8-16-14(17)13-5-3-4-12(10-13)6-7-15/h3-5,10-11H,6-9,15H2,1-2H3,(H,16,17). The average Bonchev–Trinajstić information content (AvgIpc) is 2.35. The molecule has 0 aromatic heterocycles. The second-order valence-corrected chi connectivity index (χ2v) is 4.41. The molecule has 0 fully saturated rings. The van der Waals surface area contributed by atoms with Crippen LogP contribution < -0.4 is 11.1 Å². The highest BCUT2D eigenvalue weighted by Gasteiger charge is 2.05. The van der Waals surface area contributed by atoms with Crippen molar-refractivity contribution in [2.75, 3.05) is 19.7 Å². The first-order valence-corrected chi connectivity index (χ1v) is 6.32. The fourth-order valence-electron chi connectivity index (χ4n) is 1.60. The number of carbonyl (C=O) groups excluding carboxylic acids is 1. The van der Waals surface area contributed by atoms with Crippen molar-refractivity contribution in [2.45, 2.75) is 26.4 Å². The van der Waals surface area contributed by atoms with Gasteiger partial charge in [-0.25, -0.2) is 0 Å². The minimum Gasteiger partial charge on any atom is -0.377 e. The molecular formula is C14H22N2O2. The maximum atomic E-state index is 11.8. The third kappa shape index (κ3) is 5.29. The Kier molecular flexibility index (Phi) is 6.39. The first-order chi connectivity index (χ1) is 8.63. The lowest BCUT2D eigenvalue weighted by molar-refractivity contribution is 0.0746.